The molecule has 156 valence electrons. The smallest absolute Gasteiger partial charge is 0.259 e. The van der Waals surface area contributed by atoms with E-state index in [1.165, 1.54) is 23.5 Å². The minimum Gasteiger partial charge on any atom is -0.496 e. The molecule has 3 rings (SSSR count). The van der Waals surface area contributed by atoms with Crippen molar-refractivity contribution < 1.29 is 17.9 Å². The molecule has 0 bridgehead atoms. The Bertz CT molecular complexity index is 994. The van der Waals surface area contributed by atoms with E-state index in [1.807, 2.05) is 32.0 Å². The normalized spacial score (nSPS) is 15.6. The quantitative estimate of drug-likeness (QED) is 0.795. The zero-order chi connectivity index (χ0) is 21.0. The first-order valence-electron chi connectivity index (χ1n) is 9.90. The summed E-state index contributed by atoms with van der Waals surface area (Å²) in [6.07, 6.45) is 3.79. The Hall–Kier alpha value is -2.38. The van der Waals surface area contributed by atoms with Crippen molar-refractivity contribution in [3.63, 3.8) is 0 Å². The van der Waals surface area contributed by atoms with Crippen LogP contribution in [0.4, 0.5) is 5.69 Å². The Morgan fingerprint density at radius 2 is 1.66 bits per heavy atom. The molecule has 0 aromatic heterocycles. The van der Waals surface area contributed by atoms with E-state index in [4.69, 9.17) is 4.74 Å². The van der Waals surface area contributed by atoms with Gasteiger partial charge in [0.1, 0.15) is 5.75 Å². The number of hydrogen-bond acceptors (Lipinski definition) is 4. The molecule has 2 aromatic carbocycles. The van der Waals surface area contributed by atoms with Crippen LogP contribution in [0, 0.1) is 13.8 Å². The van der Waals surface area contributed by atoms with E-state index in [0.717, 1.165) is 36.8 Å². The molecule has 1 fully saturated rings. The van der Waals surface area contributed by atoms with Crippen molar-refractivity contribution in [1.29, 1.82) is 0 Å². The van der Waals surface area contributed by atoms with Gasteiger partial charge in [0, 0.05) is 18.8 Å². The average Bonchev–Trinajstić information content (AvgIpc) is 3.00. The van der Waals surface area contributed by atoms with Gasteiger partial charge in [0.15, 0.2) is 0 Å². The molecule has 0 saturated carbocycles. The number of sulfonamides is 1. The number of benzene rings is 2. The first-order valence-corrected chi connectivity index (χ1v) is 11.3. The van der Waals surface area contributed by atoms with E-state index in [2.05, 4.69) is 5.32 Å². The summed E-state index contributed by atoms with van der Waals surface area (Å²) in [5, 5.41) is 2.84. The predicted molar refractivity (Wildman–Crippen MR) is 114 cm³/mol. The minimum atomic E-state index is -3.65. The second-order valence-corrected chi connectivity index (χ2v) is 9.37. The van der Waals surface area contributed by atoms with Gasteiger partial charge in [0.2, 0.25) is 10.0 Å². The number of amides is 1. The zero-order valence-corrected chi connectivity index (χ0v) is 18.0. The van der Waals surface area contributed by atoms with Crippen molar-refractivity contribution >= 4 is 21.6 Å². The van der Waals surface area contributed by atoms with Gasteiger partial charge in [-0.3, -0.25) is 4.79 Å². The fourth-order valence-electron chi connectivity index (χ4n) is 3.47. The summed E-state index contributed by atoms with van der Waals surface area (Å²) in [4.78, 5) is 13.0. The molecule has 7 heteroatoms. The zero-order valence-electron chi connectivity index (χ0n) is 17.2. The van der Waals surface area contributed by atoms with Gasteiger partial charge in [-0.1, -0.05) is 18.9 Å². The summed E-state index contributed by atoms with van der Waals surface area (Å²) in [6.45, 7) is 5.00. The Labute approximate surface area is 172 Å². The number of methoxy groups -OCH3 is 1. The molecule has 0 unspecified atom stereocenters. The van der Waals surface area contributed by atoms with Gasteiger partial charge >= 0.3 is 0 Å². The highest BCUT2D eigenvalue weighted by atomic mass is 32.2. The summed E-state index contributed by atoms with van der Waals surface area (Å²) in [5.41, 5.74) is 3.04. The first-order chi connectivity index (χ1) is 13.8. The Balaban J connectivity index is 1.91. The molecule has 2 aromatic rings. The maximum Gasteiger partial charge on any atom is 0.259 e. The topological polar surface area (TPSA) is 75.7 Å². The number of ether oxygens (including phenoxy) is 1. The van der Waals surface area contributed by atoms with E-state index in [-0.39, 0.29) is 10.5 Å². The fraction of sp³-hybridized carbons (Fsp3) is 0.409. The van der Waals surface area contributed by atoms with E-state index < -0.39 is 15.9 Å². The van der Waals surface area contributed by atoms with Crippen LogP contribution in [0.3, 0.4) is 0 Å². The number of carbonyl (C=O) groups is 1. The third-order valence-corrected chi connectivity index (χ3v) is 7.28. The van der Waals surface area contributed by atoms with Gasteiger partial charge < -0.3 is 10.1 Å². The van der Waals surface area contributed by atoms with E-state index >= 15 is 0 Å². The van der Waals surface area contributed by atoms with Gasteiger partial charge in [0.05, 0.1) is 17.6 Å². The van der Waals surface area contributed by atoms with Crippen molar-refractivity contribution in [3.8, 4) is 5.75 Å². The second kappa shape index (κ2) is 8.97. The molecule has 1 amide bonds. The molecular weight excluding hydrogens is 388 g/mol. The van der Waals surface area contributed by atoms with Gasteiger partial charge in [-0.25, -0.2) is 8.42 Å². The lowest BCUT2D eigenvalue weighted by molar-refractivity contribution is 0.102. The maximum atomic E-state index is 13.1. The molecule has 6 nitrogen and oxygen atoms in total. The van der Waals surface area contributed by atoms with Crippen LogP contribution in [0.5, 0.6) is 5.75 Å². The molecule has 1 aliphatic heterocycles. The van der Waals surface area contributed by atoms with E-state index in [0.29, 0.717) is 24.5 Å². The first kappa shape index (κ1) is 21.3. The summed E-state index contributed by atoms with van der Waals surface area (Å²) >= 11 is 0. The molecule has 29 heavy (non-hydrogen) atoms. The van der Waals surface area contributed by atoms with Crippen molar-refractivity contribution in [1.82, 2.24) is 4.31 Å². The average molecular weight is 417 g/mol. The van der Waals surface area contributed by atoms with Crippen molar-refractivity contribution in [2.24, 2.45) is 0 Å². The highest BCUT2D eigenvalue weighted by Crippen LogP contribution is 2.27. The fourth-order valence-corrected chi connectivity index (χ4v) is 5.02. The molecular formula is C22H28N2O4S. The molecule has 0 radical (unpaired) electrons. The standard InChI is InChI=1S/C22H28N2O4S/c1-16-8-9-18(14-17(16)2)23-22(25)20-15-19(10-11-21(20)28-3)29(26,27)24-12-6-4-5-7-13-24/h8-11,14-15H,4-7,12-13H2,1-3H3,(H,23,25). The van der Waals surface area contributed by atoms with Crippen LogP contribution in [-0.2, 0) is 10.0 Å². The van der Waals surface area contributed by atoms with Crippen LogP contribution in [0.25, 0.3) is 0 Å². The summed E-state index contributed by atoms with van der Waals surface area (Å²) in [5.74, 6) is -0.0702. The minimum absolute atomic E-state index is 0.116. The van der Waals surface area contributed by atoms with Gasteiger partial charge in [-0.2, -0.15) is 4.31 Å². The van der Waals surface area contributed by atoms with Gasteiger partial charge in [-0.05, 0) is 68.1 Å². The van der Waals surface area contributed by atoms with Crippen LogP contribution in [0.15, 0.2) is 41.3 Å². The van der Waals surface area contributed by atoms with Gasteiger partial charge in [0.25, 0.3) is 5.91 Å². The third-order valence-electron chi connectivity index (χ3n) is 5.38. The van der Waals surface area contributed by atoms with Crippen molar-refractivity contribution in [2.45, 2.75) is 44.4 Å². The number of anilines is 1. The van der Waals surface area contributed by atoms with Crippen LogP contribution in [-0.4, -0.2) is 38.8 Å². The van der Waals surface area contributed by atoms with Crippen LogP contribution in [0.1, 0.15) is 47.2 Å². The number of nitrogens with one attached hydrogen (secondary N) is 1. The lowest BCUT2D eigenvalue weighted by Gasteiger charge is -2.20. The number of aryl methyl sites for hydroxylation is 2. The maximum absolute atomic E-state index is 13.1. The molecule has 1 heterocycles. The Morgan fingerprint density at radius 3 is 2.28 bits per heavy atom. The third kappa shape index (κ3) is 4.79. The van der Waals surface area contributed by atoms with Crippen LogP contribution >= 0.6 is 0 Å². The predicted octanol–water partition coefficient (Wildman–Crippen LogP) is 4.13. The summed E-state index contributed by atoms with van der Waals surface area (Å²) in [6, 6.07) is 10.1. The summed E-state index contributed by atoms with van der Waals surface area (Å²) < 4.78 is 33.0. The molecule has 0 atom stereocenters. The van der Waals surface area contributed by atoms with Crippen LogP contribution < -0.4 is 10.1 Å². The lowest BCUT2D eigenvalue weighted by Crippen LogP contribution is -2.32. The van der Waals surface area contributed by atoms with E-state index in [1.54, 1.807) is 6.07 Å². The van der Waals surface area contributed by atoms with Crippen molar-refractivity contribution in [2.75, 3.05) is 25.5 Å². The highest BCUT2D eigenvalue weighted by molar-refractivity contribution is 7.89. The molecule has 1 N–H and O–H groups in total. The largest absolute Gasteiger partial charge is 0.496 e. The molecule has 0 aliphatic carbocycles. The number of rotatable bonds is 5. The lowest BCUT2D eigenvalue weighted by atomic mass is 10.1. The Kier molecular flexibility index (Phi) is 6.59. The van der Waals surface area contributed by atoms with Gasteiger partial charge in [-0.15, -0.1) is 0 Å². The van der Waals surface area contributed by atoms with E-state index in [9.17, 15) is 13.2 Å². The monoisotopic (exact) mass is 416 g/mol. The molecule has 0 spiro atoms. The van der Waals surface area contributed by atoms with Crippen molar-refractivity contribution in [3.05, 3.63) is 53.1 Å². The number of hydrogen-bond donors (Lipinski definition) is 1. The Morgan fingerprint density at radius 1 is 0.966 bits per heavy atom. The number of nitrogens with zero attached hydrogens (tertiary/aromatic N) is 1. The number of carbonyl (C=O) groups excluding carboxylic acids is 1. The molecule has 1 saturated heterocycles. The summed E-state index contributed by atoms with van der Waals surface area (Å²) in [7, 11) is -2.19. The second-order valence-electron chi connectivity index (χ2n) is 7.43. The highest BCUT2D eigenvalue weighted by Gasteiger charge is 2.27. The van der Waals surface area contributed by atoms with Crippen LogP contribution in [0.2, 0.25) is 0 Å². The SMILES string of the molecule is COc1ccc(S(=O)(=O)N2CCCCCC2)cc1C(=O)Nc1ccc(C)c(C)c1. The molecule has 1 aliphatic rings.